The van der Waals surface area contributed by atoms with Gasteiger partial charge in [-0.05, 0) is 53.6 Å². The van der Waals surface area contributed by atoms with Gasteiger partial charge in [0.25, 0.3) is 0 Å². The van der Waals surface area contributed by atoms with Crippen molar-refractivity contribution in [1.29, 1.82) is 0 Å². The maximum absolute atomic E-state index is 13.8. The van der Waals surface area contributed by atoms with Gasteiger partial charge in [0, 0.05) is 24.7 Å². The smallest absolute Gasteiger partial charge is 0.139 e. The number of hydrogen-bond acceptors (Lipinski definition) is 2. The highest BCUT2D eigenvalue weighted by Gasteiger charge is 2.41. The van der Waals surface area contributed by atoms with Gasteiger partial charge in [-0.1, -0.05) is 12.8 Å². The lowest BCUT2D eigenvalue weighted by atomic mass is 9.75. The molecule has 4 rings (SSSR count). The summed E-state index contributed by atoms with van der Waals surface area (Å²) < 4.78 is 14.3. The van der Waals surface area contributed by atoms with Crippen molar-refractivity contribution in [2.24, 2.45) is 5.92 Å². The summed E-state index contributed by atoms with van der Waals surface area (Å²) in [7, 11) is 0. The van der Waals surface area contributed by atoms with Crippen LogP contribution in [-0.4, -0.2) is 18.6 Å². The molecule has 3 unspecified atom stereocenters. The zero-order valence-electron chi connectivity index (χ0n) is 11.5. The van der Waals surface area contributed by atoms with Crippen LogP contribution in [-0.2, 0) is 0 Å². The number of halogens is 2. The van der Waals surface area contributed by atoms with Gasteiger partial charge in [0.15, 0.2) is 0 Å². The van der Waals surface area contributed by atoms with E-state index >= 15 is 0 Å². The summed E-state index contributed by atoms with van der Waals surface area (Å²) in [6.45, 7) is 0.956. The van der Waals surface area contributed by atoms with E-state index in [0.29, 0.717) is 16.6 Å². The van der Waals surface area contributed by atoms with Gasteiger partial charge in [-0.25, -0.2) is 4.39 Å². The molecule has 1 saturated heterocycles. The van der Waals surface area contributed by atoms with Gasteiger partial charge in [-0.2, -0.15) is 0 Å². The molecule has 1 N–H and O–H groups in total. The summed E-state index contributed by atoms with van der Waals surface area (Å²) in [6.07, 6.45) is 8.04. The number of benzene rings is 1. The Hall–Kier alpha value is -0.770. The molecule has 2 heterocycles. The molecule has 2 aliphatic heterocycles. The van der Waals surface area contributed by atoms with Crippen LogP contribution < -0.4 is 10.2 Å². The highest BCUT2D eigenvalue weighted by atomic mass is 79.9. The third-order valence-electron chi connectivity index (χ3n) is 5.34. The van der Waals surface area contributed by atoms with Crippen LogP contribution in [0.3, 0.4) is 0 Å². The van der Waals surface area contributed by atoms with Crippen molar-refractivity contribution >= 4 is 27.3 Å². The largest absolute Gasteiger partial charge is 0.381 e. The zero-order valence-corrected chi connectivity index (χ0v) is 13.1. The SMILES string of the molecule is Fc1cc2c(cc1Br)N1C(CCC3CCCCC31)CN2. The summed E-state index contributed by atoms with van der Waals surface area (Å²) in [4.78, 5) is 2.61. The number of nitrogens with one attached hydrogen (secondary N) is 1. The zero-order chi connectivity index (χ0) is 13.7. The minimum absolute atomic E-state index is 0.174. The molecule has 0 aromatic heterocycles. The second-order valence-corrected chi connectivity index (χ2v) is 7.27. The number of fused-ring (bicyclic) bond motifs is 5. The van der Waals surface area contributed by atoms with E-state index in [-0.39, 0.29) is 5.82 Å². The normalized spacial score (nSPS) is 31.9. The molecule has 3 aliphatic rings. The van der Waals surface area contributed by atoms with Gasteiger partial charge >= 0.3 is 0 Å². The van der Waals surface area contributed by atoms with Crippen molar-refractivity contribution in [2.75, 3.05) is 16.8 Å². The van der Waals surface area contributed by atoms with Crippen LogP contribution in [0, 0.1) is 11.7 Å². The van der Waals surface area contributed by atoms with Crippen molar-refractivity contribution in [2.45, 2.75) is 50.6 Å². The average molecular weight is 339 g/mol. The quantitative estimate of drug-likeness (QED) is 0.746. The third-order valence-corrected chi connectivity index (χ3v) is 5.94. The molecule has 1 aliphatic carbocycles. The fourth-order valence-electron chi connectivity index (χ4n) is 4.40. The molecule has 108 valence electrons. The Labute approximate surface area is 127 Å². The summed E-state index contributed by atoms with van der Waals surface area (Å²) in [5.41, 5.74) is 2.17. The topological polar surface area (TPSA) is 15.3 Å². The number of nitrogens with zero attached hydrogens (tertiary/aromatic N) is 1. The molecule has 2 fully saturated rings. The van der Waals surface area contributed by atoms with E-state index < -0.39 is 0 Å². The molecule has 0 spiro atoms. The van der Waals surface area contributed by atoms with E-state index in [1.165, 1.54) is 44.2 Å². The number of rotatable bonds is 0. The standard InChI is InChI=1S/C16H20BrFN2/c17-12-7-16-14(8-13(12)18)19-9-11-6-5-10-3-1-2-4-15(10)20(11)16/h7-8,10-11,15,19H,1-6,9H2. The molecular weight excluding hydrogens is 319 g/mol. The van der Waals surface area contributed by atoms with Gasteiger partial charge in [-0.15, -0.1) is 0 Å². The first-order valence-corrected chi connectivity index (χ1v) is 8.54. The van der Waals surface area contributed by atoms with Crippen LogP contribution in [0.5, 0.6) is 0 Å². The van der Waals surface area contributed by atoms with Crippen LogP contribution in [0.15, 0.2) is 16.6 Å². The molecule has 4 heteroatoms. The lowest BCUT2D eigenvalue weighted by Gasteiger charge is -2.52. The molecule has 1 aromatic rings. The molecule has 1 saturated carbocycles. The molecule has 1 aromatic carbocycles. The molecule has 2 nitrogen and oxygen atoms in total. The summed E-state index contributed by atoms with van der Waals surface area (Å²) in [5.74, 6) is 0.668. The number of piperidine rings is 1. The van der Waals surface area contributed by atoms with Gasteiger partial charge in [0.05, 0.1) is 15.8 Å². The lowest BCUT2D eigenvalue weighted by molar-refractivity contribution is 0.215. The first kappa shape index (κ1) is 12.9. The predicted molar refractivity (Wildman–Crippen MR) is 83.8 cm³/mol. The Kier molecular flexibility index (Phi) is 3.17. The van der Waals surface area contributed by atoms with Gasteiger partial charge in [0.1, 0.15) is 5.82 Å². The summed E-state index contributed by atoms with van der Waals surface area (Å²) in [6, 6.07) is 4.86. The Bertz CT molecular complexity index is 533. The van der Waals surface area contributed by atoms with E-state index in [9.17, 15) is 4.39 Å². The van der Waals surface area contributed by atoms with Crippen molar-refractivity contribution in [3.63, 3.8) is 0 Å². The first-order valence-electron chi connectivity index (χ1n) is 7.75. The minimum atomic E-state index is -0.174. The molecule has 0 radical (unpaired) electrons. The van der Waals surface area contributed by atoms with Gasteiger partial charge in [0.2, 0.25) is 0 Å². The lowest BCUT2D eigenvalue weighted by Crippen LogP contribution is -2.56. The first-order chi connectivity index (χ1) is 9.74. The molecule has 3 atom stereocenters. The average Bonchev–Trinajstić information content (AvgIpc) is 2.48. The molecule has 0 bridgehead atoms. The minimum Gasteiger partial charge on any atom is -0.381 e. The van der Waals surface area contributed by atoms with E-state index in [2.05, 4.69) is 26.1 Å². The highest BCUT2D eigenvalue weighted by molar-refractivity contribution is 9.10. The number of hydrogen-bond donors (Lipinski definition) is 1. The maximum Gasteiger partial charge on any atom is 0.139 e. The van der Waals surface area contributed by atoms with Crippen molar-refractivity contribution in [3.05, 3.63) is 22.4 Å². The summed E-state index contributed by atoms with van der Waals surface area (Å²) in [5, 5.41) is 3.42. The van der Waals surface area contributed by atoms with E-state index in [4.69, 9.17) is 0 Å². The Balaban J connectivity index is 1.77. The number of anilines is 2. The van der Waals surface area contributed by atoms with E-state index in [0.717, 1.165) is 18.2 Å². The van der Waals surface area contributed by atoms with Crippen molar-refractivity contribution in [3.8, 4) is 0 Å². The monoisotopic (exact) mass is 338 g/mol. The Morgan fingerprint density at radius 1 is 1.15 bits per heavy atom. The fraction of sp³-hybridized carbons (Fsp3) is 0.625. The maximum atomic E-state index is 13.8. The molecule has 20 heavy (non-hydrogen) atoms. The second-order valence-electron chi connectivity index (χ2n) is 6.41. The van der Waals surface area contributed by atoms with Crippen LogP contribution in [0.1, 0.15) is 38.5 Å². The second kappa shape index (κ2) is 4.90. The van der Waals surface area contributed by atoms with E-state index in [1.807, 2.05) is 6.07 Å². The van der Waals surface area contributed by atoms with Gasteiger partial charge < -0.3 is 10.2 Å². The Morgan fingerprint density at radius 2 is 2.00 bits per heavy atom. The van der Waals surface area contributed by atoms with Crippen molar-refractivity contribution in [1.82, 2.24) is 0 Å². The molecular formula is C16H20BrFN2. The highest BCUT2D eigenvalue weighted by Crippen LogP contribution is 2.45. The van der Waals surface area contributed by atoms with Crippen molar-refractivity contribution < 1.29 is 4.39 Å². The van der Waals surface area contributed by atoms with Gasteiger partial charge in [-0.3, -0.25) is 0 Å². The summed E-state index contributed by atoms with van der Waals surface area (Å²) >= 11 is 3.35. The third kappa shape index (κ3) is 1.95. The Morgan fingerprint density at radius 3 is 2.90 bits per heavy atom. The van der Waals surface area contributed by atoms with Crippen LogP contribution in [0.25, 0.3) is 0 Å². The van der Waals surface area contributed by atoms with Crippen LogP contribution >= 0.6 is 15.9 Å². The van der Waals surface area contributed by atoms with E-state index in [1.54, 1.807) is 6.07 Å². The predicted octanol–water partition coefficient (Wildman–Crippen LogP) is 4.54. The fourth-order valence-corrected chi connectivity index (χ4v) is 4.73. The van der Waals surface area contributed by atoms with Crippen LogP contribution in [0.2, 0.25) is 0 Å². The van der Waals surface area contributed by atoms with Crippen LogP contribution in [0.4, 0.5) is 15.8 Å². The molecule has 0 amide bonds.